The number of nitrogens with two attached hydrogens (primary N) is 1. The van der Waals surface area contributed by atoms with E-state index < -0.39 is 0 Å². The van der Waals surface area contributed by atoms with Gasteiger partial charge in [-0.3, -0.25) is 0 Å². The van der Waals surface area contributed by atoms with Crippen molar-refractivity contribution >= 4 is 11.6 Å². The zero-order chi connectivity index (χ0) is 8.97. The molecular weight excluding hydrogens is 170 g/mol. The van der Waals surface area contributed by atoms with E-state index in [4.69, 9.17) is 17.3 Å². The fraction of sp³-hybridized carbons (Fsp3) is 0.200. The largest absolute Gasteiger partial charge is 0.324 e. The Morgan fingerprint density at radius 2 is 2.33 bits per heavy atom. The van der Waals surface area contributed by atoms with Gasteiger partial charge in [0.05, 0.1) is 0 Å². The van der Waals surface area contributed by atoms with Crippen molar-refractivity contribution in [2.45, 2.75) is 12.5 Å². The molecule has 64 valence electrons. The molecule has 0 aliphatic heterocycles. The predicted molar refractivity (Wildman–Crippen MR) is 53.3 cm³/mol. The van der Waals surface area contributed by atoms with Crippen LogP contribution >= 0.6 is 11.6 Å². The second kappa shape index (κ2) is 4.29. The molecule has 1 nitrogen and oxygen atoms in total. The van der Waals surface area contributed by atoms with E-state index >= 15 is 0 Å². The number of hydrogen-bond acceptors (Lipinski definition) is 1. The first-order valence-electron chi connectivity index (χ1n) is 3.85. The molecule has 1 aromatic carbocycles. The zero-order valence-corrected chi connectivity index (χ0v) is 7.59. The minimum atomic E-state index is 0.0171. The quantitative estimate of drug-likeness (QED) is 0.713. The fourth-order valence-corrected chi connectivity index (χ4v) is 1.23. The molecular formula is C10H12ClN. The molecule has 2 N–H and O–H groups in total. The van der Waals surface area contributed by atoms with Crippen LogP contribution in [0.5, 0.6) is 0 Å². The van der Waals surface area contributed by atoms with Gasteiger partial charge in [-0.25, -0.2) is 0 Å². The minimum absolute atomic E-state index is 0.0171. The maximum Gasteiger partial charge on any atom is 0.0408 e. The highest BCUT2D eigenvalue weighted by molar-refractivity contribution is 6.30. The molecule has 12 heavy (non-hydrogen) atoms. The third-order valence-electron chi connectivity index (χ3n) is 1.66. The molecule has 0 aliphatic rings. The summed E-state index contributed by atoms with van der Waals surface area (Å²) in [5.74, 6) is 0. The topological polar surface area (TPSA) is 26.0 Å². The Kier molecular flexibility index (Phi) is 3.32. The van der Waals surface area contributed by atoms with Crippen molar-refractivity contribution in [1.82, 2.24) is 0 Å². The summed E-state index contributed by atoms with van der Waals surface area (Å²) in [6.07, 6.45) is 2.53. The maximum absolute atomic E-state index is 5.80. The number of hydrogen-bond donors (Lipinski definition) is 1. The normalized spacial score (nSPS) is 12.5. The first-order valence-corrected chi connectivity index (χ1v) is 4.23. The second-order valence-electron chi connectivity index (χ2n) is 2.73. The molecule has 0 fully saturated rings. The van der Waals surface area contributed by atoms with E-state index in [-0.39, 0.29) is 6.04 Å². The monoisotopic (exact) mass is 181 g/mol. The summed E-state index contributed by atoms with van der Waals surface area (Å²) in [6, 6.07) is 7.72. The molecule has 0 aliphatic carbocycles. The van der Waals surface area contributed by atoms with Gasteiger partial charge in [-0.05, 0) is 24.1 Å². The Bertz CT molecular complexity index is 270. The summed E-state index contributed by atoms with van der Waals surface area (Å²) < 4.78 is 0. The van der Waals surface area contributed by atoms with Crippen LogP contribution in [0.1, 0.15) is 5.56 Å². The SMILES string of the molecule is C=C[C@H](N)Cc1cccc(Cl)c1. The molecule has 0 heterocycles. The van der Waals surface area contributed by atoms with Gasteiger partial charge < -0.3 is 5.73 Å². The Labute approximate surface area is 77.8 Å². The van der Waals surface area contributed by atoms with Crippen LogP contribution in [0.4, 0.5) is 0 Å². The van der Waals surface area contributed by atoms with E-state index in [0.717, 1.165) is 17.0 Å². The lowest BCUT2D eigenvalue weighted by atomic mass is 10.1. The van der Waals surface area contributed by atoms with Crippen molar-refractivity contribution in [3.8, 4) is 0 Å². The average Bonchev–Trinajstić information content (AvgIpc) is 2.04. The van der Waals surface area contributed by atoms with E-state index in [0.29, 0.717) is 0 Å². The predicted octanol–water partition coefficient (Wildman–Crippen LogP) is 2.40. The van der Waals surface area contributed by atoms with Crippen LogP contribution in [0.15, 0.2) is 36.9 Å². The Balaban J connectivity index is 2.69. The lowest BCUT2D eigenvalue weighted by Crippen LogP contribution is -2.19. The molecule has 0 aromatic heterocycles. The molecule has 1 atom stereocenters. The highest BCUT2D eigenvalue weighted by atomic mass is 35.5. The smallest absolute Gasteiger partial charge is 0.0408 e. The van der Waals surface area contributed by atoms with Crippen LogP contribution < -0.4 is 5.73 Å². The molecule has 0 spiro atoms. The molecule has 0 saturated carbocycles. The first-order chi connectivity index (χ1) is 5.72. The summed E-state index contributed by atoms with van der Waals surface area (Å²) in [5.41, 5.74) is 6.84. The van der Waals surface area contributed by atoms with Gasteiger partial charge in [-0.2, -0.15) is 0 Å². The Hall–Kier alpha value is -0.790. The third kappa shape index (κ3) is 2.68. The van der Waals surface area contributed by atoms with Gasteiger partial charge >= 0.3 is 0 Å². The standard InChI is InChI=1S/C10H12ClN/c1-2-10(12)7-8-4-3-5-9(11)6-8/h2-6,10H,1,7,12H2/t10-/m0/s1. The van der Waals surface area contributed by atoms with Crippen LogP contribution in [0, 0.1) is 0 Å². The highest BCUT2D eigenvalue weighted by Crippen LogP contribution is 2.11. The van der Waals surface area contributed by atoms with Crippen molar-refractivity contribution in [2.24, 2.45) is 5.73 Å². The van der Waals surface area contributed by atoms with E-state index in [1.807, 2.05) is 24.3 Å². The highest BCUT2D eigenvalue weighted by Gasteiger charge is 1.98. The van der Waals surface area contributed by atoms with Crippen molar-refractivity contribution < 1.29 is 0 Å². The summed E-state index contributed by atoms with van der Waals surface area (Å²) in [5, 5.41) is 0.753. The van der Waals surface area contributed by atoms with Crippen LogP contribution in [0.2, 0.25) is 5.02 Å². The van der Waals surface area contributed by atoms with Crippen LogP contribution in [-0.4, -0.2) is 6.04 Å². The molecule has 2 heteroatoms. The third-order valence-corrected chi connectivity index (χ3v) is 1.90. The summed E-state index contributed by atoms with van der Waals surface area (Å²) in [4.78, 5) is 0. The fourth-order valence-electron chi connectivity index (χ4n) is 1.02. The molecule has 0 radical (unpaired) electrons. The average molecular weight is 182 g/mol. The molecule has 0 saturated heterocycles. The number of benzene rings is 1. The molecule has 1 aromatic rings. The van der Waals surface area contributed by atoms with Crippen LogP contribution in [0.3, 0.4) is 0 Å². The van der Waals surface area contributed by atoms with Crippen molar-refractivity contribution in [2.75, 3.05) is 0 Å². The lowest BCUT2D eigenvalue weighted by molar-refractivity contribution is 0.812. The molecule has 0 unspecified atom stereocenters. The summed E-state index contributed by atoms with van der Waals surface area (Å²) in [7, 11) is 0. The van der Waals surface area contributed by atoms with Gasteiger partial charge in [-0.1, -0.05) is 29.8 Å². The lowest BCUT2D eigenvalue weighted by Gasteiger charge is -2.05. The van der Waals surface area contributed by atoms with E-state index in [1.165, 1.54) is 0 Å². The zero-order valence-electron chi connectivity index (χ0n) is 6.83. The van der Waals surface area contributed by atoms with Gasteiger partial charge in [0, 0.05) is 11.1 Å². The van der Waals surface area contributed by atoms with Crippen LogP contribution in [0.25, 0.3) is 0 Å². The maximum atomic E-state index is 5.80. The molecule has 0 bridgehead atoms. The van der Waals surface area contributed by atoms with Gasteiger partial charge in [-0.15, -0.1) is 6.58 Å². The number of halogens is 1. The van der Waals surface area contributed by atoms with Crippen molar-refractivity contribution in [3.63, 3.8) is 0 Å². The number of rotatable bonds is 3. The van der Waals surface area contributed by atoms with E-state index in [1.54, 1.807) is 6.08 Å². The Morgan fingerprint density at radius 3 is 2.92 bits per heavy atom. The molecule has 1 rings (SSSR count). The van der Waals surface area contributed by atoms with Gasteiger partial charge in [0.25, 0.3) is 0 Å². The van der Waals surface area contributed by atoms with E-state index in [9.17, 15) is 0 Å². The second-order valence-corrected chi connectivity index (χ2v) is 3.17. The van der Waals surface area contributed by atoms with E-state index in [2.05, 4.69) is 6.58 Å². The Morgan fingerprint density at radius 1 is 1.58 bits per heavy atom. The van der Waals surface area contributed by atoms with Crippen molar-refractivity contribution in [1.29, 1.82) is 0 Å². The summed E-state index contributed by atoms with van der Waals surface area (Å²) in [6.45, 7) is 3.62. The van der Waals surface area contributed by atoms with Crippen LogP contribution in [-0.2, 0) is 6.42 Å². The van der Waals surface area contributed by atoms with Crippen molar-refractivity contribution in [3.05, 3.63) is 47.5 Å². The van der Waals surface area contributed by atoms with Gasteiger partial charge in [0.1, 0.15) is 0 Å². The molecule has 0 amide bonds. The minimum Gasteiger partial charge on any atom is -0.324 e. The summed E-state index contributed by atoms with van der Waals surface area (Å²) >= 11 is 5.80. The first kappa shape index (κ1) is 9.30. The van der Waals surface area contributed by atoms with Gasteiger partial charge in [0.15, 0.2) is 0 Å². The van der Waals surface area contributed by atoms with Gasteiger partial charge in [0.2, 0.25) is 0 Å².